The summed E-state index contributed by atoms with van der Waals surface area (Å²) in [5.74, 6) is -0.399. The molecule has 0 aliphatic rings. The third-order valence-corrected chi connectivity index (χ3v) is 2.41. The summed E-state index contributed by atoms with van der Waals surface area (Å²) in [5, 5.41) is 8.81. The van der Waals surface area contributed by atoms with Gasteiger partial charge in [-0.25, -0.2) is 4.79 Å². The molecule has 4 heteroatoms. The molecule has 0 saturated heterocycles. The summed E-state index contributed by atoms with van der Waals surface area (Å²) in [7, 11) is 0. The van der Waals surface area contributed by atoms with Gasteiger partial charge >= 0.3 is 5.97 Å². The Morgan fingerprint density at radius 1 is 1.41 bits per heavy atom. The molecule has 1 atom stereocenters. The van der Waals surface area contributed by atoms with Crippen molar-refractivity contribution in [3.8, 4) is 5.75 Å². The summed E-state index contributed by atoms with van der Waals surface area (Å²) in [6, 6.07) is 6.43. The fraction of sp³-hybridized carbons (Fsp3) is 0.462. The van der Waals surface area contributed by atoms with E-state index in [1.807, 2.05) is 6.92 Å². The van der Waals surface area contributed by atoms with Crippen LogP contribution in [0.25, 0.3) is 0 Å². The molecule has 0 spiro atoms. The maximum absolute atomic E-state index is 10.7. The first-order valence-corrected chi connectivity index (χ1v) is 5.71. The van der Waals surface area contributed by atoms with Crippen molar-refractivity contribution in [2.45, 2.75) is 26.4 Å². The van der Waals surface area contributed by atoms with Gasteiger partial charge in [-0.05, 0) is 31.5 Å². The lowest BCUT2D eigenvalue weighted by atomic mass is 10.2. The molecule has 1 aromatic rings. The molecule has 4 nitrogen and oxygen atoms in total. The molecule has 0 aromatic heterocycles. The van der Waals surface area contributed by atoms with E-state index in [9.17, 15) is 4.79 Å². The Balaban J connectivity index is 2.36. The Hall–Kier alpha value is -1.55. The molecular weight excluding hydrogens is 220 g/mol. The first-order chi connectivity index (χ1) is 8.13. The van der Waals surface area contributed by atoms with Crippen molar-refractivity contribution in [1.82, 2.24) is 0 Å². The molecule has 94 valence electrons. The summed E-state index contributed by atoms with van der Waals surface area (Å²) in [6.45, 7) is 4.99. The predicted octanol–water partition coefficient (Wildman–Crippen LogP) is 2.58. The Morgan fingerprint density at radius 2 is 2.18 bits per heavy atom. The summed E-state index contributed by atoms with van der Waals surface area (Å²) in [6.07, 6.45) is 1.19. The topological polar surface area (TPSA) is 55.8 Å². The molecule has 0 heterocycles. The number of ether oxygens (including phenoxy) is 2. The van der Waals surface area contributed by atoms with E-state index in [2.05, 4.69) is 6.92 Å². The van der Waals surface area contributed by atoms with Crippen LogP contribution in [0.4, 0.5) is 0 Å². The van der Waals surface area contributed by atoms with Gasteiger partial charge in [0, 0.05) is 0 Å². The van der Waals surface area contributed by atoms with E-state index in [-0.39, 0.29) is 11.7 Å². The van der Waals surface area contributed by atoms with Crippen molar-refractivity contribution in [2.75, 3.05) is 13.2 Å². The molecule has 0 aliphatic carbocycles. The Morgan fingerprint density at radius 3 is 2.82 bits per heavy atom. The van der Waals surface area contributed by atoms with Crippen LogP contribution in [0.3, 0.4) is 0 Å². The summed E-state index contributed by atoms with van der Waals surface area (Å²) >= 11 is 0. The Kier molecular flexibility index (Phi) is 5.49. The van der Waals surface area contributed by atoms with Crippen molar-refractivity contribution < 1.29 is 19.4 Å². The number of carboxylic acid groups (broad SMARTS) is 1. The average molecular weight is 238 g/mol. The number of rotatable bonds is 7. The molecule has 1 unspecified atom stereocenters. The number of benzene rings is 1. The van der Waals surface area contributed by atoms with Gasteiger partial charge in [0.15, 0.2) is 0 Å². The number of aromatic carboxylic acids is 1. The van der Waals surface area contributed by atoms with Crippen LogP contribution in [0.5, 0.6) is 5.75 Å². The van der Waals surface area contributed by atoms with Gasteiger partial charge in [-0.2, -0.15) is 0 Å². The molecule has 0 amide bonds. The predicted molar refractivity (Wildman–Crippen MR) is 64.6 cm³/mol. The van der Waals surface area contributed by atoms with Gasteiger partial charge in [-0.15, -0.1) is 0 Å². The zero-order valence-corrected chi connectivity index (χ0v) is 10.2. The fourth-order valence-corrected chi connectivity index (χ4v) is 1.25. The van der Waals surface area contributed by atoms with E-state index in [1.165, 1.54) is 12.1 Å². The van der Waals surface area contributed by atoms with Gasteiger partial charge in [0.05, 0.1) is 18.3 Å². The van der Waals surface area contributed by atoms with E-state index < -0.39 is 5.97 Å². The van der Waals surface area contributed by atoms with Crippen molar-refractivity contribution in [1.29, 1.82) is 0 Å². The molecule has 1 aromatic carbocycles. The highest BCUT2D eigenvalue weighted by molar-refractivity contribution is 5.87. The molecule has 1 rings (SSSR count). The third kappa shape index (κ3) is 4.87. The maximum atomic E-state index is 10.7. The van der Waals surface area contributed by atoms with Gasteiger partial charge in [0.1, 0.15) is 12.4 Å². The smallest absolute Gasteiger partial charge is 0.335 e. The second-order valence-corrected chi connectivity index (χ2v) is 3.77. The molecule has 17 heavy (non-hydrogen) atoms. The molecule has 0 aliphatic heterocycles. The Labute approximate surface area is 101 Å². The van der Waals surface area contributed by atoms with Gasteiger partial charge < -0.3 is 14.6 Å². The number of carboxylic acids is 1. The highest BCUT2D eigenvalue weighted by Crippen LogP contribution is 2.13. The van der Waals surface area contributed by atoms with E-state index in [1.54, 1.807) is 12.1 Å². The van der Waals surface area contributed by atoms with E-state index in [0.717, 1.165) is 6.42 Å². The standard InChI is InChI=1S/C13H18O4/c1-3-10(2)16-7-8-17-12-6-4-5-11(9-12)13(14)15/h4-6,9-10H,3,7-8H2,1-2H3,(H,14,15). The number of hydrogen-bond acceptors (Lipinski definition) is 3. The first-order valence-electron chi connectivity index (χ1n) is 5.71. The molecule has 1 N–H and O–H groups in total. The summed E-state index contributed by atoms with van der Waals surface area (Å²) in [4.78, 5) is 10.7. The molecule has 0 fully saturated rings. The van der Waals surface area contributed by atoms with Crippen LogP contribution in [-0.4, -0.2) is 30.4 Å². The third-order valence-electron chi connectivity index (χ3n) is 2.41. The highest BCUT2D eigenvalue weighted by atomic mass is 16.5. The van der Waals surface area contributed by atoms with Crippen molar-refractivity contribution in [3.05, 3.63) is 29.8 Å². The van der Waals surface area contributed by atoms with Crippen LogP contribution < -0.4 is 4.74 Å². The second kappa shape index (κ2) is 6.91. The zero-order valence-electron chi connectivity index (χ0n) is 10.2. The molecule has 0 saturated carbocycles. The minimum Gasteiger partial charge on any atom is -0.491 e. The summed E-state index contributed by atoms with van der Waals surface area (Å²) in [5.41, 5.74) is 0.227. The molecular formula is C13H18O4. The number of hydrogen-bond donors (Lipinski definition) is 1. The van der Waals surface area contributed by atoms with Crippen molar-refractivity contribution in [2.24, 2.45) is 0 Å². The van der Waals surface area contributed by atoms with Crippen LogP contribution in [0.15, 0.2) is 24.3 Å². The second-order valence-electron chi connectivity index (χ2n) is 3.77. The normalized spacial score (nSPS) is 12.1. The quantitative estimate of drug-likeness (QED) is 0.742. The van der Waals surface area contributed by atoms with Gasteiger partial charge in [0.2, 0.25) is 0 Å². The maximum Gasteiger partial charge on any atom is 0.335 e. The minimum atomic E-state index is -0.952. The Bertz CT molecular complexity index is 362. The average Bonchev–Trinajstić information content (AvgIpc) is 2.34. The van der Waals surface area contributed by atoms with Crippen LogP contribution >= 0.6 is 0 Å². The largest absolute Gasteiger partial charge is 0.491 e. The lowest BCUT2D eigenvalue weighted by molar-refractivity contribution is 0.0426. The number of carbonyl (C=O) groups is 1. The minimum absolute atomic E-state index is 0.226. The fourth-order valence-electron chi connectivity index (χ4n) is 1.25. The van der Waals surface area contributed by atoms with Crippen molar-refractivity contribution in [3.63, 3.8) is 0 Å². The SMILES string of the molecule is CCC(C)OCCOc1cccc(C(=O)O)c1. The van der Waals surface area contributed by atoms with Crippen LogP contribution in [-0.2, 0) is 4.74 Å². The first kappa shape index (κ1) is 13.5. The highest BCUT2D eigenvalue weighted by Gasteiger charge is 2.04. The van der Waals surface area contributed by atoms with E-state index in [0.29, 0.717) is 19.0 Å². The van der Waals surface area contributed by atoms with Crippen molar-refractivity contribution >= 4 is 5.97 Å². The van der Waals surface area contributed by atoms with E-state index in [4.69, 9.17) is 14.6 Å². The monoisotopic (exact) mass is 238 g/mol. The van der Waals surface area contributed by atoms with Crippen LogP contribution in [0.1, 0.15) is 30.6 Å². The van der Waals surface area contributed by atoms with Gasteiger partial charge in [-0.1, -0.05) is 13.0 Å². The van der Waals surface area contributed by atoms with Gasteiger partial charge in [-0.3, -0.25) is 0 Å². The lowest BCUT2D eigenvalue weighted by Crippen LogP contribution is -2.13. The van der Waals surface area contributed by atoms with Gasteiger partial charge in [0.25, 0.3) is 0 Å². The molecule has 0 bridgehead atoms. The van der Waals surface area contributed by atoms with Crippen LogP contribution in [0, 0.1) is 0 Å². The lowest BCUT2D eigenvalue weighted by Gasteiger charge is -2.11. The summed E-state index contributed by atoms with van der Waals surface area (Å²) < 4.78 is 10.9. The van der Waals surface area contributed by atoms with Crippen LogP contribution in [0.2, 0.25) is 0 Å². The molecule has 0 radical (unpaired) electrons. The zero-order chi connectivity index (χ0) is 12.7. The van der Waals surface area contributed by atoms with E-state index >= 15 is 0 Å².